The number of sulfone groups is 1. The van der Waals surface area contributed by atoms with E-state index >= 15 is 0 Å². The Morgan fingerprint density at radius 2 is 2.06 bits per heavy atom. The molecular formula is C13H27NO2S. The zero-order chi connectivity index (χ0) is 13.1. The van der Waals surface area contributed by atoms with Gasteiger partial charge >= 0.3 is 0 Å². The molecule has 3 nitrogen and oxygen atoms in total. The second kappa shape index (κ2) is 5.70. The average Bonchev–Trinajstić information content (AvgIpc) is 2.26. The van der Waals surface area contributed by atoms with E-state index in [1.54, 1.807) is 13.8 Å². The number of rotatable bonds is 5. The molecule has 1 fully saturated rings. The van der Waals surface area contributed by atoms with Crippen LogP contribution in [0, 0.1) is 5.92 Å². The lowest BCUT2D eigenvalue weighted by molar-refractivity contribution is 0.214. The Labute approximate surface area is 106 Å². The molecule has 102 valence electrons. The third kappa shape index (κ3) is 4.25. The van der Waals surface area contributed by atoms with Crippen molar-refractivity contribution < 1.29 is 8.42 Å². The molecule has 0 heterocycles. The largest absolute Gasteiger partial charge is 0.325 e. The lowest BCUT2D eigenvalue weighted by Crippen LogP contribution is -2.46. The van der Waals surface area contributed by atoms with Crippen molar-refractivity contribution in [3.05, 3.63) is 0 Å². The molecule has 0 aromatic heterocycles. The van der Waals surface area contributed by atoms with Gasteiger partial charge < -0.3 is 5.73 Å². The summed E-state index contributed by atoms with van der Waals surface area (Å²) in [5.41, 5.74) is 6.13. The van der Waals surface area contributed by atoms with E-state index in [1.165, 1.54) is 6.42 Å². The van der Waals surface area contributed by atoms with E-state index < -0.39 is 9.84 Å². The van der Waals surface area contributed by atoms with E-state index in [1.807, 2.05) is 0 Å². The second-order valence-corrected chi connectivity index (χ2v) is 8.58. The van der Waals surface area contributed by atoms with Gasteiger partial charge in [0.1, 0.15) is 0 Å². The maximum atomic E-state index is 11.8. The lowest BCUT2D eigenvalue weighted by Gasteiger charge is -2.38. The van der Waals surface area contributed by atoms with Gasteiger partial charge in [-0.05, 0) is 39.0 Å². The lowest BCUT2D eigenvalue weighted by atomic mass is 9.74. The maximum absolute atomic E-state index is 11.8. The molecule has 0 amide bonds. The average molecular weight is 261 g/mol. The third-order valence-electron chi connectivity index (χ3n) is 4.16. The number of hydrogen-bond acceptors (Lipinski definition) is 3. The van der Waals surface area contributed by atoms with Gasteiger partial charge in [-0.25, -0.2) is 8.42 Å². The minimum atomic E-state index is -2.94. The van der Waals surface area contributed by atoms with Crippen molar-refractivity contribution in [2.75, 3.05) is 5.75 Å². The van der Waals surface area contributed by atoms with Crippen molar-refractivity contribution in [3.8, 4) is 0 Å². The van der Waals surface area contributed by atoms with Crippen molar-refractivity contribution in [3.63, 3.8) is 0 Å². The monoisotopic (exact) mass is 261 g/mol. The fourth-order valence-electron chi connectivity index (χ4n) is 2.68. The van der Waals surface area contributed by atoms with Crippen molar-refractivity contribution in [1.82, 2.24) is 0 Å². The highest BCUT2D eigenvalue weighted by atomic mass is 32.2. The first-order valence-electron chi connectivity index (χ1n) is 6.79. The van der Waals surface area contributed by atoms with Gasteiger partial charge in [0, 0.05) is 5.54 Å². The van der Waals surface area contributed by atoms with Gasteiger partial charge in [0.2, 0.25) is 0 Å². The molecule has 4 heteroatoms. The van der Waals surface area contributed by atoms with E-state index in [0.29, 0.717) is 12.3 Å². The van der Waals surface area contributed by atoms with E-state index in [2.05, 4.69) is 6.92 Å². The van der Waals surface area contributed by atoms with Gasteiger partial charge in [-0.1, -0.05) is 26.2 Å². The van der Waals surface area contributed by atoms with Crippen LogP contribution < -0.4 is 5.73 Å². The van der Waals surface area contributed by atoms with Gasteiger partial charge in [0.25, 0.3) is 0 Å². The highest BCUT2D eigenvalue weighted by Gasteiger charge is 2.33. The molecule has 2 N–H and O–H groups in total. The summed E-state index contributed by atoms with van der Waals surface area (Å²) in [5, 5.41) is -0.281. The standard InChI is InChI=1S/C13H27NO2S/c1-4-12-6-5-7-13(14,10-12)8-9-17(15,16)11(2)3/h11-12H,4-10,14H2,1-3H3. The molecule has 0 spiro atoms. The molecule has 17 heavy (non-hydrogen) atoms. The zero-order valence-corrected chi connectivity index (χ0v) is 12.2. The normalized spacial score (nSPS) is 30.8. The Hall–Kier alpha value is -0.0900. The van der Waals surface area contributed by atoms with Crippen LogP contribution in [0.2, 0.25) is 0 Å². The quantitative estimate of drug-likeness (QED) is 0.827. The Balaban J connectivity index is 2.55. The number of hydrogen-bond donors (Lipinski definition) is 1. The summed E-state index contributed by atoms with van der Waals surface area (Å²) in [7, 11) is -2.94. The van der Waals surface area contributed by atoms with Crippen LogP contribution in [0.15, 0.2) is 0 Å². The van der Waals surface area contributed by atoms with Crippen LogP contribution in [0.5, 0.6) is 0 Å². The SMILES string of the molecule is CCC1CCCC(N)(CCS(=O)(=O)C(C)C)C1. The van der Waals surface area contributed by atoms with E-state index in [4.69, 9.17) is 5.73 Å². The summed E-state index contributed by atoms with van der Waals surface area (Å²) in [6, 6.07) is 0. The summed E-state index contributed by atoms with van der Waals surface area (Å²) in [6.45, 7) is 5.68. The first-order valence-corrected chi connectivity index (χ1v) is 8.51. The Morgan fingerprint density at radius 3 is 2.59 bits per heavy atom. The summed E-state index contributed by atoms with van der Waals surface area (Å²) in [5.74, 6) is 0.938. The predicted molar refractivity (Wildman–Crippen MR) is 72.7 cm³/mol. The van der Waals surface area contributed by atoms with Gasteiger partial charge in [-0.15, -0.1) is 0 Å². The summed E-state index contributed by atoms with van der Waals surface area (Å²) in [4.78, 5) is 0. The molecule has 1 rings (SSSR count). The van der Waals surface area contributed by atoms with Crippen LogP contribution >= 0.6 is 0 Å². The highest BCUT2D eigenvalue weighted by Crippen LogP contribution is 2.34. The Kier molecular flexibility index (Phi) is 5.02. The molecule has 0 aromatic carbocycles. The van der Waals surface area contributed by atoms with Crippen LogP contribution in [0.25, 0.3) is 0 Å². The highest BCUT2D eigenvalue weighted by molar-refractivity contribution is 7.91. The molecule has 1 aliphatic carbocycles. The molecule has 1 aliphatic rings. The van der Waals surface area contributed by atoms with Crippen LogP contribution in [-0.2, 0) is 9.84 Å². The predicted octanol–water partition coefficient (Wildman–Crippen LogP) is 2.50. The molecule has 0 radical (unpaired) electrons. The summed E-state index contributed by atoms with van der Waals surface area (Å²) < 4.78 is 23.6. The Morgan fingerprint density at radius 1 is 1.41 bits per heavy atom. The molecule has 2 unspecified atom stereocenters. The fourth-order valence-corrected chi connectivity index (χ4v) is 3.84. The summed E-state index contributed by atoms with van der Waals surface area (Å²) >= 11 is 0. The first kappa shape index (κ1) is 15.0. The fraction of sp³-hybridized carbons (Fsp3) is 1.00. The van der Waals surface area contributed by atoms with E-state index in [0.717, 1.165) is 25.7 Å². The van der Waals surface area contributed by atoms with Gasteiger partial charge in [0.05, 0.1) is 11.0 Å². The molecule has 0 aliphatic heterocycles. The third-order valence-corrected chi connectivity index (χ3v) is 6.37. The van der Waals surface area contributed by atoms with Crippen molar-refractivity contribution in [1.29, 1.82) is 0 Å². The Bertz CT molecular complexity index is 337. The minimum Gasteiger partial charge on any atom is -0.325 e. The maximum Gasteiger partial charge on any atom is 0.152 e. The van der Waals surface area contributed by atoms with E-state index in [-0.39, 0.29) is 16.5 Å². The first-order chi connectivity index (χ1) is 7.79. The van der Waals surface area contributed by atoms with Crippen molar-refractivity contribution in [2.45, 2.75) is 70.1 Å². The molecule has 0 saturated heterocycles. The number of nitrogens with two attached hydrogens (primary N) is 1. The van der Waals surface area contributed by atoms with E-state index in [9.17, 15) is 8.42 Å². The van der Waals surface area contributed by atoms with Crippen LogP contribution in [0.1, 0.15) is 59.3 Å². The minimum absolute atomic E-state index is 0.235. The van der Waals surface area contributed by atoms with Gasteiger partial charge in [-0.3, -0.25) is 0 Å². The van der Waals surface area contributed by atoms with Gasteiger partial charge in [-0.2, -0.15) is 0 Å². The zero-order valence-electron chi connectivity index (χ0n) is 11.4. The molecule has 1 saturated carbocycles. The molecule has 0 aromatic rings. The van der Waals surface area contributed by atoms with Crippen molar-refractivity contribution >= 4 is 9.84 Å². The van der Waals surface area contributed by atoms with Crippen LogP contribution in [-0.4, -0.2) is 25.0 Å². The van der Waals surface area contributed by atoms with Crippen LogP contribution in [0.3, 0.4) is 0 Å². The van der Waals surface area contributed by atoms with Gasteiger partial charge in [0.15, 0.2) is 9.84 Å². The molecule has 0 bridgehead atoms. The smallest absolute Gasteiger partial charge is 0.152 e. The summed E-state index contributed by atoms with van der Waals surface area (Å²) in [6.07, 6.45) is 6.18. The van der Waals surface area contributed by atoms with Crippen molar-refractivity contribution in [2.24, 2.45) is 11.7 Å². The molecule has 2 atom stereocenters. The second-order valence-electron chi connectivity index (χ2n) is 5.90. The van der Waals surface area contributed by atoms with Crippen LogP contribution in [0.4, 0.5) is 0 Å². The topological polar surface area (TPSA) is 60.2 Å². The molecular weight excluding hydrogens is 234 g/mol.